The number of amides is 1. The third kappa shape index (κ3) is 4.00. The van der Waals surface area contributed by atoms with Gasteiger partial charge in [-0.25, -0.2) is 4.39 Å². The first-order chi connectivity index (χ1) is 8.41. The van der Waals surface area contributed by atoms with Crippen LogP contribution in [0, 0.1) is 5.82 Å². The number of hydrogen-bond acceptors (Lipinski definition) is 3. The molecule has 1 rings (SSSR count). The minimum Gasteiger partial charge on any atom is -0.398 e. The standard InChI is InChI=1S/C13H19FN2O2/c1-9(2)18-7-6-16(3)13(17)11-5-4-10(14)8-12(11)15/h4-5,8-9H,6-7,15H2,1-3H3. The van der Waals surface area contributed by atoms with Crippen molar-refractivity contribution >= 4 is 11.6 Å². The lowest BCUT2D eigenvalue weighted by Crippen LogP contribution is -2.31. The van der Waals surface area contributed by atoms with Crippen molar-refractivity contribution in [3.63, 3.8) is 0 Å². The maximum absolute atomic E-state index is 12.9. The fraction of sp³-hybridized carbons (Fsp3) is 0.462. The van der Waals surface area contributed by atoms with Gasteiger partial charge in [0.25, 0.3) is 5.91 Å². The summed E-state index contributed by atoms with van der Waals surface area (Å²) in [5, 5.41) is 0. The number of halogens is 1. The van der Waals surface area contributed by atoms with E-state index in [9.17, 15) is 9.18 Å². The first-order valence-electron chi connectivity index (χ1n) is 5.84. The SMILES string of the molecule is CC(C)OCCN(C)C(=O)c1ccc(F)cc1N. The van der Waals surface area contributed by atoms with E-state index in [2.05, 4.69) is 0 Å². The lowest BCUT2D eigenvalue weighted by Gasteiger charge is -2.19. The van der Waals surface area contributed by atoms with Crippen molar-refractivity contribution in [2.24, 2.45) is 0 Å². The number of anilines is 1. The van der Waals surface area contributed by atoms with Crippen LogP contribution >= 0.6 is 0 Å². The molecule has 100 valence electrons. The summed E-state index contributed by atoms with van der Waals surface area (Å²) in [6.07, 6.45) is 0.129. The Kier molecular flexibility index (Phi) is 5.09. The van der Waals surface area contributed by atoms with Crippen LogP contribution in [-0.4, -0.2) is 37.1 Å². The molecular formula is C13H19FN2O2. The molecule has 1 aromatic carbocycles. The van der Waals surface area contributed by atoms with Crippen molar-refractivity contribution in [1.82, 2.24) is 4.90 Å². The number of hydrogen-bond donors (Lipinski definition) is 1. The highest BCUT2D eigenvalue weighted by Crippen LogP contribution is 2.15. The lowest BCUT2D eigenvalue weighted by atomic mass is 10.1. The smallest absolute Gasteiger partial charge is 0.255 e. The van der Waals surface area contributed by atoms with E-state index in [0.29, 0.717) is 18.7 Å². The van der Waals surface area contributed by atoms with Crippen molar-refractivity contribution in [2.75, 3.05) is 25.9 Å². The van der Waals surface area contributed by atoms with Gasteiger partial charge in [0.05, 0.1) is 18.3 Å². The summed E-state index contributed by atoms with van der Waals surface area (Å²) in [5.74, 6) is -0.685. The average Bonchev–Trinajstić information content (AvgIpc) is 2.27. The molecule has 0 unspecified atom stereocenters. The van der Waals surface area contributed by atoms with Gasteiger partial charge in [-0.1, -0.05) is 0 Å². The van der Waals surface area contributed by atoms with Gasteiger partial charge >= 0.3 is 0 Å². The van der Waals surface area contributed by atoms with Gasteiger partial charge in [-0.2, -0.15) is 0 Å². The minimum atomic E-state index is -0.449. The van der Waals surface area contributed by atoms with Crippen LogP contribution in [0.25, 0.3) is 0 Å². The zero-order chi connectivity index (χ0) is 13.7. The summed E-state index contributed by atoms with van der Waals surface area (Å²) in [4.78, 5) is 13.5. The first kappa shape index (κ1) is 14.4. The minimum absolute atomic E-state index is 0.129. The molecule has 4 nitrogen and oxygen atoms in total. The summed E-state index contributed by atoms with van der Waals surface area (Å²) >= 11 is 0. The van der Waals surface area contributed by atoms with E-state index in [1.54, 1.807) is 7.05 Å². The van der Waals surface area contributed by atoms with Crippen LogP contribution in [0.5, 0.6) is 0 Å². The van der Waals surface area contributed by atoms with Crippen LogP contribution in [0.4, 0.5) is 10.1 Å². The molecule has 2 N–H and O–H groups in total. The predicted molar refractivity (Wildman–Crippen MR) is 68.9 cm³/mol. The van der Waals surface area contributed by atoms with E-state index in [1.165, 1.54) is 17.0 Å². The third-order valence-corrected chi connectivity index (χ3v) is 2.47. The van der Waals surface area contributed by atoms with Crippen LogP contribution < -0.4 is 5.73 Å². The van der Waals surface area contributed by atoms with Gasteiger partial charge in [0, 0.05) is 19.3 Å². The molecule has 0 spiro atoms. The lowest BCUT2D eigenvalue weighted by molar-refractivity contribution is 0.0532. The second-order valence-electron chi connectivity index (χ2n) is 4.38. The summed E-state index contributed by atoms with van der Waals surface area (Å²) < 4.78 is 18.2. The highest BCUT2D eigenvalue weighted by molar-refractivity contribution is 5.98. The number of nitrogen functional groups attached to an aromatic ring is 1. The molecular weight excluding hydrogens is 235 g/mol. The Morgan fingerprint density at radius 2 is 2.17 bits per heavy atom. The topological polar surface area (TPSA) is 55.6 Å². The molecule has 0 radical (unpaired) electrons. The number of nitrogens with two attached hydrogens (primary N) is 1. The zero-order valence-electron chi connectivity index (χ0n) is 10.9. The summed E-state index contributed by atoms with van der Waals surface area (Å²) in [7, 11) is 1.66. The second kappa shape index (κ2) is 6.35. The predicted octanol–water partition coefficient (Wildman–Crippen LogP) is 1.90. The van der Waals surface area contributed by atoms with Gasteiger partial charge in [-0.05, 0) is 32.0 Å². The molecule has 5 heteroatoms. The maximum Gasteiger partial charge on any atom is 0.255 e. The average molecular weight is 254 g/mol. The molecule has 0 saturated heterocycles. The maximum atomic E-state index is 12.9. The Morgan fingerprint density at radius 3 is 2.72 bits per heavy atom. The number of ether oxygens (including phenoxy) is 1. The van der Waals surface area contributed by atoms with E-state index in [1.807, 2.05) is 13.8 Å². The molecule has 1 amide bonds. The van der Waals surface area contributed by atoms with E-state index < -0.39 is 5.82 Å². The van der Waals surface area contributed by atoms with Crippen LogP contribution in [0.2, 0.25) is 0 Å². The van der Waals surface area contributed by atoms with Crippen molar-refractivity contribution in [3.8, 4) is 0 Å². The Balaban J connectivity index is 2.63. The zero-order valence-corrected chi connectivity index (χ0v) is 10.9. The van der Waals surface area contributed by atoms with Crippen LogP contribution in [0.1, 0.15) is 24.2 Å². The van der Waals surface area contributed by atoms with E-state index in [-0.39, 0.29) is 17.7 Å². The Morgan fingerprint density at radius 1 is 1.50 bits per heavy atom. The van der Waals surface area contributed by atoms with Gasteiger partial charge in [0.2, 0.25) is 0 Å². The van der Waals surface area contributed by atoms with Crippen LogP contribution in [-0.2, 0) is 4.74 Å². The molecule has 0 bridgehead atoms. The molecule has 0 aromatic heterocycles. The van der Waals surface area contributed by atoms with E-state index >= 15 is 0 Å². The van der Waals surface area contributed by atoms with Crippen molar-refractivity contribution in [1.29, 1.82) is 0 Å². The van der Waals surface area contributed by atoms with Gasteiger partial charge in [0.1, 0.15) is 5.82 Å². The number of likely N-dealkylation sites (N-methyl/N-ethyl adjacent to an activating group) is 1. The molecule has 0 heterocycles. The number of nitrogens with zero attached hydrogens (tertiary/aromatic N) is 1. The summed E-state index contributed by atoms with van der Waals surface area (Å²) in [6.45, 7) is 4.79. The molecule has 0 aliphatic heterocycles. The summed E-state index contributed by atoms with van der Waals surface area (Å²) in [6, 6.07) is 3.76. The monoisotopic (exact) mass is 254 g/mol. The molecule has 0 aliphatic carbocycles. The first-order valence-corrected chi connectivity index (χ1v) is 5.84. The molecule has 1 aromatic rings. The largest absolute Gasteiger partial charge is 0.398 e. The van der Waals surface area contributed by atoms with Crippen molar-refractivity contribution in [3.05, 3.63) is 29.6 Å². The molecule has 0 saturated carbocycles. The second-order valence-corrected chi connectivity index (χ2v) is 4.38. The Bertz CT molecular complexity index is 421. The van der Waals surface area contributed by atoms with Gasteiger partial charge < -0.3 is 15.4 Å². The van der Waals surface area contributed by atoms with Crippen molar-refractivity contribution in [2.45, 2.75) is 20.0 Å². The van der Waals surface area contributed by atoms with Gasteiger partial charge in [0.15, 0.2) is 0 Å². The van der Waals surface area contributed by atoms with Crippen LogP contribution in [0.3, 0.4) is 0 Å². The normalized spacial score (nSPS) is 10.7. The number of benzene rings is 1. The molecule has 0 aliphatic rings. The Labute approximate surface area is 107 Å². The molecule has 18 heavy (non-hydrogen) atoms. The number of carbonyl (C=O) groups is 1. The quantitative estimate of drug-likeness (QED) is 0.816. The molecule has 0 atom stereocenters. The van der Waals surface area contributed by atoms with Gasteiger partial charge in [-0.15, -0.1) is 0 Å². The number of rotatable bonds is 5. The Hall–Kier alpha value is -1.62. The van der Waals surface area contributed by atoms with E-state index in [0.717, 1.165) is 6.07 Å². The highest BCUT2D eigenvalue weighted by atomic mass is 19.1. The summed E-state index contributed by atoms with van der Waals surface area (Å²) in [5.41, 5.74) is 6.08. The molecule has 0 fully saturated rings. The van der Waals surface area contributed by atoms with Crippen LogP contribution in [0.15, 0.2) is 18.2 Å². The van der Waals surface area contributed by atoms with Gasteiger partial charge in [-0.3, -0.25) is 4.79 Å². The van der Waals surface area contributed by atoms with Crippen molar-refractivity contribution < 1.29 is 13.9 Å². The fourth-order valence-corrected chi connectivity index (χ4v) is 1.46. The fourth-order valence-electron chi connectivity index (χ4n) is 1.46. The third-order valence-electron chi connectivity index (χ3n) is 2.47. The van der Waals surface area contributed by atoms with E-state index in [4.69, 9.17) is 10.5 Å². The highest BCUT2D eigenvalue weighted by Gasteiger charge is 2.14. The number of carbonyl (C=O) groups excluding carboxylic acids is 1.